The first-order valence-electron chi connectivity index (χ1n) is 7.22. The van der Waals surface area contributed by atoms with Gasteiger partial charge in [-0.3, -0.25) is 9.69 Å². The van der Waals surface area contributed by atoms with Crippen LogP contribution in [-0.4, -0.2) is 37.9 Å². The molecule has 0 aliphatic carbocycles. The summed E-state index contributed by atoms with van der Waals surface area (Å²) < 4.78 is 2.12. The molecule has 0 saturated carbocycles. The fourth-order valence-electron chi connectivity index (χ4n) is 2.75. The number of aromatic nitrogens is 3. The maximum Gasteiger partial charge on any atom is 0.243 e. The number of aryl methyl sites for hydroxylation is 1. The number of anilines is 1. The molecule has 21 heavy (non-hydrogen) atoms. The first-order chi connectivity index (χ1) is 10.3. The molecule has 2 aromatic heterocycles. The zero-order valence-corrected chi connectivity index (χ0v) is 12.8. The topological polar surface area (TPSA) is 63.1 Å². The predicted molar refractivity (Wildman–Crippen MR) is 82.1 cm³/mol. The normalized spacial score (nSPS) is 19.0. The smallest absolute Gasteiger partial charge is 0.243 e. The van der Waals surface area contributed by atoms with Crippen LogP contribution in [0.15, 0.2) is 24.0 Å². The molecule has 1 unspecified atom stereocenters. The van der Waals surface area contributed by atoms with Crippen molar-refractivity contribution in [2.75, 3.05) is 11.9 Å². The number of amides is 1. The fourth-order valence-corrected chi connectivity index (χ4v) is 3.28. The number of thiazole rings is 1. The van der Waals surface area contributed by atoms with E-state index >= 15 is 0 Å². The van der Waals surface area contributed by atoms with E-state index in [9.17, 15) is 4.79 Å². The SMILES string of the molecule is CCn1ccnc1CN1CCCC1C(=O)Nc1nccs1. The third-order valence-electron chi connectivity index (χ3n) is 3.82. The number of imidazole rings is 1. The highest BCUT2D eigenvalue weighted by Crippen LogP contribution is 2.21. The average molecular weight is 305 g/mol. The van der Waals surface area contributed by atoms with Gasteiger partial charge in [-0.05, 0) is 26.3 Å². The standard InChI is InChI=1S/C14H19N5OS/c1-2-18-8-5-15-12(18)10-19-7-3-4-11(19)13(20)17-14-16-6-9-21-14/h5-6,8-9,11H,2-4,7,10H2,1H3,(H,16,17,20). The summed E-state index contributed by atoms with van der Waals surface area (Å²) in [5, 5.41) is 5.43. The van der Waals surface area contributed by atoms with E-state index in [0.717, 1.165) is 38.3 Å². The Bertz CT molecular complexity index is 594. The van der Waals surface area contributed by atoms with E-state index in [1.54, 1.807) is 6.20 Å². The molecule has 1 fully saturated rings. The van der Waals surface area contributed by atoms with E-state index in [2.05, 4.69) is 31.7 Å². The summed E-state index contributed by atoms with van der Waals surface area (Å²) in [6, 6.07) is -0.0871. The summed E-state index contributed by atoms with van der Waals surface area (Å²) >= 11 is 1.44. The monoisotopic (exact) mass is 305 g/mol. The number of rotatable bonds is 5. The fraction of sp³-hybridized carbons (Fsp3) is 0.500. The number of carbonyl (C=O) groups excluding carboxylic acids is 1. The van der Waals surface area contributed by atoms with Crippen LogP contribution >= 0.6 is 11.3 Å². The molecular weight excluding hydrogens is 286 g/mol. The molecule has 7 heteroatoms. The van der Waals surface area contributed by atoms with Crippen LogP contribution in [0.4, 0.5) is 5.13 Å². The molecule has 1 aliphatic heterocycles. The zero-order chi connectivity index (χ0) is 14.7. The van der Waals surface area contributed by atoms with Crippen LogP contribution in [0.25, 0.3) is 0 Å². The van der Waals surface area contributed by atoms with Gasteiger partial charge in [0.05, 0.1) is 12.6 Å². The molecule has 0 aromatic carbocycles. The second-order valence-electron chi connectivity index (χ2n) is 5.08. The molecular formula is C14H19N5OS. The van der Waals surface area contributed by atoms with Crippen LogP contribution in [0.3, 0.4) is 0 Å². The van der Waals surface area contributed by atoms with Crippen molar-refractivity contribution in [2.24, 2.45) is 0 Å². The van der Waals surface area contributed by atoms with Crippen LogP contribution in [0.5, 0.6) is 0 Å². The molecule has 3 rings (SSSR count). The van der Waals surface area contributed by atoms with Crippen molar-refractivity contribution >= 4 is 22.4 Å². The Labute approximate surface area is 127 Å². The quantitative estimate of drug-likeness (QED) is 0.917. The Morgan fingerprint density at radius 1 is 1.48 bits per heavy atom. The molecule has 0 bridgehead atoms. The number of hydrogen-bond donors (Lipinski definition) is 1. The molecule has 6 nitrogen and oxygen atoms in total. The molecule has 1 amide bonds. The maximum absolute atomic E-state index is 12.4. The van der Waals surface area contributed by atoms with Gasteiger partial charge < -0.3 is 9.88 Å². The number of carbonyl (C=O) groups is 1. The van der Waals surface area contributed by atoms with Gasteiger partial charge in [-0.25, -0.2) is 9.97 Å². The zero-order valence-electron chi connectivity index (χ0n) is 12.0. The van der Waals surface area contributed by atoms with Gasteiger partial charge in [0.15, 0.2) is 5.13 Å². The highest BCUT2D eigenvalue weighted by atomic mass is 32.1. The van der Waals surface area contributed by atoms with Gasteiger partial charge >= 0.3 is 0 Å². The molecule has 0 radical (unpaired) electrons. The lowest BCUT2D eigenvalue weighted by atomic mass is 10.2. The van der Waals surface area contributed by atoms with Crippen LogP contribution < -0.4 is 5.32 Å². The summed E-state index contributed by atoms with van der Waals surface area (Å²) in [6.45, 7) is 4.66. The Kier molecular flexibility index (Phi) is 4.31. The third-order valence-corrected chi connectivity index (χ3v) is 4.50. The van der Waals surface area contributed by atoms with Crippen molar-refractivity contribution in [3.63, 3.8) is 0 Å². The first kappa shape index (κ1) is 14.2. The van der Waals surface area contributed by atoms with Gasteiger partial charge in [0, 0.05) is 30.5 Å². The van der Waals surface area contributed by atoms with E-state index in [4.69, 9.17) is 0 Å². The van der Waals surface area contributed by atoms with Crippen LogP contribution in [-0.2, 0) is 17.9 Å². The van der Waals surface area contributed by atoms with Gasteiger partial charge in [0.1, 0.15) is 5.82 Å². The summed E-state index contributed by atoms with van der Waals surface area (Å²) in [6.07, 6.45) is 7.44. The van der Waals surface area contributed by atoms with Gasteiger partial charge in [-0.1, -0.05) is 0 Å². The lowest BCUT2D eigenvalue weighted by Crippen LogP contribution is -2.39. The highest BCUT2D eigenvalue weighted by Gasteiger charge is 2.31. The largest absolute Gasteiger partial charge is 0.334 e. The summed E-state index contributed by atoms with van der Waals surface area (Å²) in [5.41, 5.74) is 0. The van der Waals surface area contributed by atoms with Gasteiger partial charge in [-0.2, -0.15) is 0 Å². The van der Waals surface area contributed by atoms with E-state index in [-0.39, 0.29) is 11.9 Å². The molecule has 1 aliphatic rings. The Hall–Kier alpha value is -1.73. The van der Waals surface area contributed by atoms with Crippen molar-refractivity contribution in [3.05, 3.63) is 29.8 Å². The second kappa shape index (κ2) is 6.36. The summed E-state index contributed by atoms with van der Waals surface area (Å²) in [7, 11) is 0. The summed E-state index contributed by atoms with van der Waals surface area (Å²) in [4.78, 5) is 23.1. The molecule has 0 spiro atoms. The maximum atomic E-state index is 12.4. The average Bonchev–Trinajstić information content (AvgIpc) is 3.19. The number of nitrogens with one attached hydrogen (secondary N) is 1. The number of hydrogen-bond acceptors (Lipinski definition) is 5. The Balaban J connectivity index is 1.66. The van der Waals surface area contributed by atoms with E-state index < -0.39 is 0 Å². The molecule has 2 aromatic rings. The van der Waals surface area contributed by atoms with Gasteiger partial charge in [-0.15, -0.1) is 11.3 Å². The Morgan fingerprint density at radius 3 is 3.14 bits per heavy atom. The summed E-state index contributed by atoms with van der Waals surface area (Å²) in [5.74, 6) is 1.06. The minimum absolute atomic E-state index is 0.0389. The van der Waals surface area contributed by atoms with E-state index in [1.807, 2.05) is 17.8 Å². The van der Waals surface area contributed by atoms with Crippen LogP contribution in [0.2, 0.25) is 0 Å². The minimum Gasteiger partial charge on any atom is -0.334 e. The first-order valence-corrected chi connectivity index (χ1v) is 8.10. The van der Waals surface area contributed by atoms with Crippen molar-refractivity contribution < 1.29 is 4.79 Å². The van der Waals surface area contributed by atoms with Gasteiger partial charge in [0.2, 0.25) is 5.91 Å². The molecule has 1 N–H and O–H groups in total. The lowest BCUT2D eigenvalue weighted by Gasteiger charge is -2.23. The van der Waals surface area contributed by atoms with Gasteiger partial charge in [0.25, 0.3) is 0 Å². The van der Waals surface area contributed by atoms with Crippen LogP contribution in [0, 0.1) is 0 Å². The van der Waals surface area contributed by atoms with E-state index in [1.165, 1.54) is 11.3 Å². The van der Waals surface area contributed by atoms with Crippen molar-refractivity contribution in [2.45, 2.75) is 38.9 Å². The Morgan fingerprint density at radius 2 is 2.38 bits per heavy atom. The third kappa shape index (κ3) is 3.14. The second-order valence-corrected chi connectivity index (χ2v) is 5.98. The molecule has 3 heterocycles. The number of likely N-dealkylation sites (tertiary alicyclic amines) is 1. The molecule has 1 atom stereocenters. The molecule has 1 saturated heterocycles. The van der Waals surface area contributed by atoms with Crippen molar-refractivity contribution in [1.29, 1.82) is 0 Å². The van der Waals surface area contributed by atoms with E-state index in [0.29, 0.717) is 5.13 Å². The highest BCUT2D eigenvalue weighted by molar-refractivity contribution is 7.13. The van der Waals surface area contributed by atoms with Crippen LogP contribution in [0.1, 0.15) is 25.6 Å². The predicted octanol–water partition coefficient (Wildman–Crippen LogP) is 1.96. The van der Waals surface area contributed by atoms with Crippen molar-refractivity contribution in [3.8, 4) is 0 Å². The number of nitrogens with zero attached hydrogens (tertiary/aromatic N) is 4. The van der Waals surface area contributed by atoms with Crippen molar-refractivity contribution in [1.82, 2.24) is 19.4 Å². The lowest BCUT2D eigenvalue weighted by molar-refractivity contribution is -0.120. The minimum atomic E-state index is -0.0871. The molecule has 112 valence electrons.